The molecule has 0 bridgehead atoms. The zero-order chi connectivity index (χ0) is 30.5. The number of methoxy groups -OCH3 is 1. The molecular weight excluding hydrogens is 549 g/mol. The quantitative estimate of drug-likeness (QED) is 0.183. The zero-order valence-electron chi connectivity index (χ0n) is 25.0. The van der Waals surface area contributed by atoms with Crippen LogP contribution in [-0.2, 0) is 0 Å². The van der Waals surface area contributed by atoms with Gasteiger partial charge in [0.25, 0.3) is 0 Å². The van der Waals surface area contributed by atoms with Crippen LogP contribution >= 0.6 is 0 Å². The van der Waals surface area contributed by atoms with Crippen LogP contribution in [0.25, 0.3) is 11.8 Å². The van der Waals surface area contributed by atoms with Crippen LogP contribution in [0.5, 0.6) is 5.75 Å². The van der Waals surface area contributed by atoms with Crippen molar-refractivity contribution in [3.63, 3.8) is 0 Å². The Kier molecular flexibility index (Phi) is 9.24. The monoisotopic (exact) mass is 586 g/mol. The highest BCUT2D eigenvalue weighted by Crippen LogP contribution is 2.39. The van der Waals surface area contributed by atoms with E-state index in [2.05, 4.69) is 29.1 Å². The third-order valence-corrected chi connectivity index (χ3v) is 7.71. The number of halogens is 3. The van der Waals surface area contributed by atoms with E-state index in [1.54, 1.807) is 13.4 Å². The molecule has 1 aliphatic rings. The fourth-order valence-electron chi connectivity index (χ4n) is 5.77. The fraction of sp³-hybridized carbons (Fsp3) is 0.286. The van der Waals surface area contributed by atoms with Gasteiger partial charge in [0, 0.05) is 24.9 Å². The van der Waals surface area contributed by atoms with Crippen molar-refractivity contribution in [1.29, 1.82) is 0 Å². The van der Waals surface area contributed by atoms with Crippen molar-refractivity contribution in [1.82, 2.24) is 14.6 Å². The van der Waals surface area contributed by atoms with Crippen molar-refractivity contribution < 1.29 is 17.9 Å². The summed E-state index contributed by atoms with van der Waals surface area (Å²) in [5.74, 6) is -3.17. The number of hydrogen-bond acceptors (Lipinski definition) is 4. The Morgan fingerprint density at radius 2 is 1.77 bits per heavy atom. The first-order chi connectivity index (χ1) is 20.8. The van der Waals surface area contributed by atoms with Crippen molar-refractivity contribution in [2.45, 2.75) is 52.5 Å². The molecule has 8 heteroatoms. The lowest BCUT2D eigenvalue weighted by Gasteiger charge is -2.47. The molecule has 43 heavy (non-hydrogen) atoms. The molecule has 1 aromatic heterocycles. The molecule has 0 aliphatic carbocycles. The summed E-state index contributed by atoms with van der Waals surface area (Å²) in [5.41, 5.74) is 6.08. The number of benzene rings is 3. The Morgan fingerprint density at radius 1 is 1.02 bits per heavy atom. The van der Waals surface area contributed by atoms with Gasteiger partial charge in [0.2, 0.25) is 0 Å². The molecule has 2 heterocycles. The number of hydrogen-bond donors (Lipinski definition) is 0. The number of hydrazine groups is 1. The van der Waals surface area contributed by atoms with Gasteiger partial charge in [-0.25, -0.2) is 18.2 Å². The molecule has 5 nitrogen and oxygen atoms in total. The van der Waals surface area contributed by atoms with E-state index >= 15 is 0 Å². The maximum absolute atomic E-state index is 14.7. The molecule has 5 rings (SSSR count). The summed E-state index contributed by atoms with van der Waals surface area (Å²) in [4.78, 5) is 4.33. The van der Waals surface area contributed by atoms with Crippen LogP contribution in [0.4, 0.5) is 18.9 Å². The van der Waals surface area contributed by atoms with Gasteiger partial charge in [-0.3, -0.25) is 10.0 Å². The smallest absolute Gasteiger partial charge is 0.194 e. The average molecular weight is 587 g/mol. The normalized spacial score (nSPS) is 16.1. The van der Waals surface area contributed by atoms with Gasteiger partial charge in [-0.1, -0.05) is 56.3 Å². The van der Waals surface area contributed by atoms with Gasteiger partial charge in [0.15, 0.2) is 17.5 Å². The molecule has 1 fully saturated rings. The molecule has 1 aliphatic heterocycles. The zero-order valence-corrected chi connectivity index (χ0v) is 25.0. The SMILES string of the molecule is CCC=C1C(=Cc2ccc(-n3cnc(C)c3)c(OC)c2)CCCN1N(c1cc(F)c(F)c(F)c1)C(CC)c1ccccc1. The predicted molar refractivity (Wildman–Crippen MR) is 165 cm³/mol. The lowest BCUT2D eigenvalue weighted by atomic mass is 9.96. The molecule has 0 amide bonds. The van der Waals surface area contributed by atoms with E-state index in [-0.39, 0.29) is 11.7 Å². The van der Waals surface area contributed by atoms with Gasteiger partial charge in [0.05, 0.1) is 42.2 Å². The van der Waals surface area contributed by atoms with E-state index < -0.39 is 17.5 Å². The summed E-state index contributed by atoms with van der Waals surface area (Å²) >= 11 is 0. The number of nitrogens with zero attached hydrogens (tertiary/aromatic N) is 4. The number of piperidine rings is 1. The van der Waals surface area contributed by atoms with Crippen LogP contribution < -0.4 is 9.75 Å². The number of imidazole rings is 1. The van der Waals surface area contributed by atoms with Crippen molar-refractivity contribution in [2.24, 2.45) is 0 Å². The van der Waals surface area contributed by atoms with E-state index in [9.17, 15) is 13.2 Å². The van der Waals surface area contributed by atoms with Crippen LogP contribution in [0.3, 0.4) is 0 Å². The van der Waals surface area contributed by atoms with Crippen molar-refractivity contribution in [3.8, 4) is 11.4 Å². The minimum atomic E-state index is -1.47. The summed E-state index contributed by atoms with van der Waals surface area (Å²) in [6, 6.07) is 17.9. The molecule has 0 saturated carbocycles. The first kappa shape index (κ1) is 30.0. The molecule has 224 valence electrons. The molecule has 4 aromatic rings. The Hall–Kier alpha value is -4.46. The number of allylic oxidation sites excluding steroid dienone is 2. The van der Waals surface area contributed by atoms with Crippen LogP contribution in [-0.4, -0.2) is 28.2 Å². The van der Waals surface area contributed by atoms with Gasteiger partial charge in [-0.2, -0.15) is 0 Å². The molecule has 3 aromatic carbocycles. The van der Waals surface area contributed by atoms with Gasteiger partial charge in [0.1, 0.15) is 5.75 Å². The third-order valence-electron chi connectivity index (χ3n) is 7.71. The maximum Gasteiger partial charge on any atom is 0.194 e. The predicted octanol–water partition coefficient (Wildman–Crippen LogP) is 8.95. The summed E-state index contributed by atoms with van der Waals surface area (Å²) in [7, 11) is 1.65. The topological polar surface area (TPSA) is 33.5 Å². The summed E-state index contributed by atoms with van der Waals surface area (Å²) in [6.45, 7) is 6.69. The number of rotatable bonds is 9. The number of aromatic nitrogens is 2. The van der Waals surface area contributed by atoms with E-state index in [1.165, 1.54) is 0 Å². The van der Waals surface area contributed by atoms with Crippen molar-refractivity contribution in [2.75, 3.05) is 18.7 Å². The second-order valence-electron chi connectivity index (χ2n) is 10.7. The Morgan fingerprint density at radius 3 is 2.40 bits per heavy atom. The van der Waals surface area contributed by atoms with Crippen LogP contribution in [0.15, 0.2) is 90.5 Å². The van der Waals surface area contributed by atoms with Gasteiger partial charge >= 0.3 is 0 Å². The lowest BCUT2D eigenvalue weighted by molar-refractivity contribution is 0.259. The first-order valence-corrected chi connectivity index (χ1v) is 14.7. The first-order valence-electron chi connectivity index (χ1n) is 14.7. The molecule has 0 N–H and O–H groups in total. The Balaban J connectivity index is 1.60. The van der Waals surface area contributed by atoms with E-state index in [0.717, 1.165) is 70.9 Å². The van der Waals surface area contributed by atoms with E-state index in [4.69, 9.17) is 4.74 Å². The minimum absolute atomic E-state index is 0.247. The number of aryl methyl sites for hydroxylation is 1. The fourth-order valence-corrected chi connectivity index (χ4v) is 5.77. The molecule has 0 spiro atoms. The largest absolute Gasteiger partial charge is 0.495 e. The Bertz CT molecular complexity index is 1610. The maximum atomic E-state index is 14.7. The highest BCUT2D eigenvalue weighted by Gasteiger charge is 2.32. The summed E-state index contributed by atoms with van der Waals surface area (Å²) < 4.78 is 51.1. The van der Waals surface area contributed by atoms with Crippen LogP contribution in [0, 0.1) is 24.4 Å². The second-order valence-corrected chi connectivity index (χ2v) is 10.7. The Labute approximate surface area is 251 Å². The van der Waals surface area contributed by atoms with Crippen LogP contribution in [0.2, 0.25) is 0 Å². The second kappa shape index (κ2) is 13.2. The molecule has 1 atom stereocenters. The highest BCUT2D eigenvalue weighted by molar-refractivity contribution is 5.64. The molecule has 1 unspecified atom stereocenters. The lowest BCUT2D eigenvalue weighted by Crippen LogP contribution is -2.47. The van der Waals surface area contributed by atoms with Gasteiger partial charge in [-0.15, -0.1) is 0 Å². The summed E-state index contributed by atoms with van der Waals surface area (Å²) in [5, 5.41) is 4.03. The number of anilines is 1. The summed E-state index contributed by atoms with van der Waals surface area (Å²) in [6.07, 6.45) is 11.1. The minimum Gasteiger partial charge on any atom is -0.495 e. The van der Waals surface area contributed by atoms with E-state index in [1.807, 2.05) is 78.2 Å². The van der Waals surface area contributed by atoms with Gasteiger partial charge < -0.3 is 9.30 Å². The van der Waals surface area contributed by atoms with Gasteiger partial charge in [-0.05, 0) is 67.5 Å². The molecule has 1 saturated heterocycles. The van der Waals surface area contributed by atoms with Crippen molar-refractivity contribution >= 4 is 11.8 Å². The molecular formula is C35H37F3N4O. The number of ether oxygens (including phenoxy) is 1. The highest BCUT2D eigenvalue weighted by atomic mass is 19.2. The van der Waals surface area contributed by atoms with Crippen molar-refractivity contribution in [3.05, 3.63) is 125 Å². The average Bonchev–Trinajstić information content (AvgIpc) is 3.45. The molecule has 0 radical (unpaired) electrons. The van der Waals surface area contributed by atoms with E-state index in [0.29, 0.717) is 13.0 Å². The van der Waals surface area contributed by atoms with Crippen LogP contribution in [0.1, 0.15) is 62.4 Å². The standard InChI is InChI=1S/C35H37F3N4O/c1-5-11-32-27(18-25-15-16-33(34(19-25)43-4)40-22-24(3)39-23-40)14-10-17-41(32)42(28-20-29(36)35(38)30(37)21-28)31(6-2)26-12-8-7-9-13-26/h7-9,11-13,15-16,18-23,31H,5-6,10,14,17H2,1-4H3. The third kappa shape index (κ3) is 6.33.